The average molecular weight is 531 g/mol. The standard InChI is InChI=1S/C18H29I2O2/c1-19-14(9-20(2)3)18(21)22-15-8-12-7-13(15)17-11-5-4-10(6-11)16(12)17/h10-17H,4-9H2,1-3H3/q-1. The van der Waals surface area contributed by atoms with Crippen LogP contribution in [0.1, 0.15) is 32.1 Å². The first-order chi connectivity index (χ1) is 10.6. The van der Waals surface area contributed by atoms with Crippen molar-refractivity contribution in [3.63, 3.8) is 0 Å². The van der Waals surface area contributed by atoms with Crippen LogP contribution in [0.4, 0.5) is 0 Å². The van der Waals surface area contributed by atoms with Gasteiger partial charge in [-0.05, 0) is 0 Å². The summed E-state index contributed by atoms with van der Waals surface area (Å²) in [7, 11) is 0. The van der Waals surface area contributed by atoms with E-state index in [2.05, 4.69) is 14.8 Å². The summed E-state index contributed by atoms with van der Waals surface area (Å²) in [5.41, 5.74) is 0. The molecule has 4 aliphatic carbocycles. The van der Waals surface area contributed by atoms with E-state index >= 15 is 0 Å². The summed E-state index contributed by atoms with van der Waals surface area (Å²) in [5, 5.41) is 0. The van der Waals surface area contributed by atoms with Crippen molar-refractivity contribution in [3.8, 4) is 0 Å². The third-order valence-corrected chi connectivity index (χ3v) is 13.7. The summed E-state index contributed by atoms with van der Waals surface area (Å²) in [6, 6.07) is 0. The molecule has 0 N–H and O–H groups in total. The van der Waals surface area contributed by atoms with Crippen LogP contribution in [0.2, 0.25) is 0 Å². The molecule has 0 heterocycles. The molecule has 8 unspecified atom stereocenters. The van der Waals surface area contributed by atoms with Crippen LogP contribution < -0.4 is 21.2 Å². The minimum atomic E-state index is -0.828. The van der Waals surface area contributed by atoms with Gasteiger partial charge in [0.2, 0.25) is 0 Å². The Morgan fingerprint density at radius 2 is 1.86 bits per heavy atom. The first-order valence-electron chi connectivity index (χ1n) is 8.73. The van der Waals surface area contributed by atoms with E-state index in [0.29, 0.717) is 10.0 Å². The van der Waals surface area contributed by atoms with Crippen LogP contribution >= 0.6 is 19.8 Å². The van der Waals surface area contributed by atoms with Crippen LogP contribution in [-0.4, -0.2) is 35.2 Å². The zero-order chi connectivity index (χ0) is 15.4. The number of rotatable bonds is 5. The Morgan fingerprint density at radius 1 is 1.14 bits per heavy atom. The zero-order valence-electron chi connectivity index (χ0n) is 13.9. The predicted molar refractivity (Wildman–Crippen MR) is 94.4 cm³/mol. The molecule has 4 fully saturated rings. The van der Waals surface area contributed by atoms with Crippen LogP contribution in [-0.2, 0) is 9.53 Å². The van der Waals surface area contributed by atoms with Crippen molar-refractivity contribution in [2.24, 2.45) is 35.5 Å². The van der Waals surface area contributed by atoms with Crippen LogP contribution in [0.25, 0.3) is 0 Å². The summed E-state index contributed by atoms with van der Waals surface area (Å²) in [5.74, 6) is 5.83. The molecule has 2 nitrogen and oxygen atoms in total. The van der Waals surface area contributed by atoms with Crippen LogP contribution in [0.3, 0.4) is 0 Å². The Labute approximate surface area is 152 Å². The fourth-order valence-corrected chi connectivity index (χ4v) is 15.9. The quantitative estimate of drug-likeness (QED) is 0.223. The second-order valence-electron chi connectivity index (χ2n) is 8.11. The second-order valence-corrected chi connectivity index (χ2v) is 16.9. The maximum absolute atomic E-state index is 12.6. The average Bonchev–Trinajstić information content (AvgIpc) is 3.21. The summed E-state index contributed by atoms with van der Waals surface area (Å²) >= 11 is -0.842. The molecule has 4 rings (SSSR count). The van der Waals surface area contributed by atoms with Crippen molar-refractivity contribution < 1.29 is 30.7 Å². The molecule has 0 aromatic rings. The van der Waals surface area contributed by atoms with Crippen LogP contribution in [0.15, 0.2) is 0 Å². The molecule has 0 saturated heterocycles. The number of esters is 1. The van der Waals surface area contributed by atoms with Gasteiger partial charge < -0.3 is 0 Å². The Morgan fingerprint density at radius 3 is 2.55 bits per heavy atom. The third-order valence-electron chi connectivity index (χ3n) is 6.90. The van der Waals surface area contributed by atoms with Crippen molar-refractivity contribution >= 4 is 25.8 Å². The molecule has 0 radical (unpaired) electrons. The Hall–Kier alpha value is 0.930. The minimum absolute atomic E-state index is 0.0146. The Bertz CT molecular complexity index is 452. The van der Waals surface area contributed by atoms with E-state index in [0.717, 1.165) is 35.5 Å². The molecule has 128 valence electrons. The molecular formula is C18H29I2O2-. The molecule has 4 heteroatoms. The van der Waals surface area contributed by atoms with Gasteiger partial charge in [-0.1, -0.05) is 0 Å². The number of carbonyl (C=O) groups is 1. The molecule has 4 bridgehead atoms. The molecular weight excluding hydrogens is 502 g/mol. The molecule has 22 heavy (non-hydrogen) atoms. The van der Waals surface area contributed by atoms with Gasteiger partial charge in [-0.15, -0.1) is 0 Å². The van der Waals surface area contributed by atoms with Gasteiger partial charge in [0.1, 0.15) is 0 Å². The number of hydrogen-bond acceptors (Lipinski definition) is 2. The van der Waals surface area contributed by atoms with E-state index < -0.39 is 19.8 Å². The van der Waals surface area contributed by atoms with Gasteiger partial charge in [-0.2, -0.15) is 0 Å². The SMILES string of the molecule is C[I-]C(CI(C)C)C(=O)OC1CC2CC1C1C3CCC(C3)C21. The van der Waals surface area contributed by atoms with Crippen molar-refractivity contribution in [1.82, 2.24) is 0 Å². The summed E-state index contributed by atoms with van der Waals surface area (Å²) in [4.78, 5) is 19.6. The van der Waals surface area contributed by atoms with Gasteiger partial charge in [-0.3, -0.25) is 0 Å². The normalized spacial score (nSPS) is 46.9. The summed E-state index contributed by atoms with van der Waals surface area (Å²) in [6.45, 7) is 0. The van der Waals surface area contributed by atoms with Gasteiger partial charge >= 0.3 is 153 Å². The predicted octanol–water partition coefficient (Wildman–Crippen LogP) is 0.454. The van der Waals surface area contributed by atoms with Gasteiger partial charge in [-0.25, -0.2) is 0 Å². The summed E-state index contributed by atoms with van der Waals surface area (Å²) in [6.07, 6.45) is 7.36. The molecule has 8 atom stereocenters. The first kappa shape index (κ1) is 16.4. The van der Waals surface area contributed by atoms with Crippen molar-refractivity contribution in [3.05, 3.63) is 0 Å². The summed E-state index contributed by atoms with van der Waals surface area (Å²) < 4.78 is 7.61. The molecule has 0 aromatic heterocycles. The van der Waals surface area contributed by atoms with E-state index in [1.54, 1.807) is 0 Å². The Kier molecular flexibility index (Phi) is 4.73. The first-order valence-corrected chi connectivity index (χ1v) is 18.0. The zero-order valence-corrected chi connectivity index (χ0v) is 18.2. The second kappa shape index (κ2) is 6.34. The van der Waals surface area contributed by atoms with Crippen LogP contribution in [0, 0.1) is 35.5 Å². The van der Waals surface area contributed by atoms with E-state index in [1.807, 2.05) is 0 Å². The number of fused-ring (bicyclic) bond motifs is 9. The fourth-order valence-electron chi connectivity index (χ4n) is 6.34. The number of alkyl halides is 5. The number of hydrogen-bond donors (Lipinski definition) is 0. The molecule has 4 saturated carbocycles. The van der Waals surface area contributed by atoms with Gasteiger partial charge in [0.25, 0.3) is 0 Å². The topological polar surface area (TPSA) is 26.3 Å². The Balaban J connectivity index is 1.40. The van der Waals surface area contributed by atoms with Gasteiger partial charge in [0, 0.05) is 0 Å². The number of ether oxygens (including phenoxy) is 1. The third kappa shape index (κ3) is 2.66. The van der Waals surface area contributed by atoms with E-state index in [4.69, 9.17) is 4.74 Å². The molecule has 0 spiro atoms. The van der Waals surface area contributed by atoms with Crippen molar-refractivity contribution in [1.29, 1.82) is 0 Å². The molecule has 0 aromatic carbocycles. The van der Waals surface area contributed by atoms with Gasteiger partial charge in [0.15, 0.2) is 0 Å². The molecule has 0 amide bonds. The maximum atomic E-state index is 12.6. The molecule has 0 aliphatic heterocycles. The van der Waals surface area contributed by atoms with Crippen molar-refractivity contribution in [2.45, 2.75) is 42.1 Å². The van der Waals surface area contributed by atoms with Gasteiger partial charge in [0.05, 0.1) is 0 Å². The fraction of sp³-hybridized carbons (Fsp3) is 0.944. The van der Waals surface area contributed by atoms with Crippen molar-refractivity contribution in [2.75, 3.05) is 19.2 Å². The molecule has 4 aliphatic rings. The van der Waals surface area contributed by atoms with Crippen LogP contribution in [0.5, 0.6) is 0 Å². The van der Waals surface area contributed by atoms with E-state index in [9.17, 15) is 4.79 Å². The van der Waals surface area contributed by atoms with E-state index in [-0.39, 0.29) is 27.2 Å². The number of halogens is 2. The number of carbonyl (C=O) groups excluding carboxylic acids is 1. The van der Waals surface area contributed by atoms with E-state index in [1.165, 1.54) is 36.5 Å². The monoisotopic (exact) mass is 531 g/mol.